The number of ketones is 1. The van der Waals surface area contributed by atoms with Gasteiger partial charge in [-0.25, -0.2) is 8.78 Å². The molecule has 0 unspecified atom stereocenters. The summed E-state index contributed by atoms with van der Waals surface area (Å²) in [4.78, 5) is 11.9. The summed E-state index contributed by atoms with van der Waals surface area (Å²) in [5.74, 6) is -1.11. The molecule has 1 aliphatic carbocycles. The van der Waals surface area contributed by atoms with Gasteiger partial charge in [0.25, 0.3) is 0 Å². The molecule has 0 aromatic heterocycles. The Morgan fingerprint density at radius 2 is 1.83 bits per heavy atom. The Morgan fingerprint density at radius 3 is 2.50 bits per heavy atom. The number of halogens is 2. The summed E-state index contributed by atoms with van der Waals surface area (Å²) < 4.78 is 25.8. The van der Waals surface area contributed by atoms with E-state index < -0.39 is 11.6 Å². The molecule has 0 spiro atoms. The highest BCUT2D eigenvalue weighted by atomic mass is 19.2. The third-order valence-electron chi connectivity index (χ3n) is 3.63. The molecule has 2 rings (SSSR count). The molecule has 0 radical (unpaired) electrons. The van der Waals surface area contributed by atoms with Crippen LogP contribution in [0.4, 0.5) is 8.78 Å². The molecule has 1 aliphatic rings. The third kappa shape index (κ3) is 3.62. The Balaban J connectivity index is 1.88. The highest BCUT2D eigenvalue weighted by Crippen LogP contribution is 2.26. The predicted molar refractivity (Wildman–Crippen MR) is 66.3 cm³/mol. The van der Waals surface area contributed by atoms with Crippen molar-refractivity contribution in [1.29, 1.82) is 0 Å². The molecule has 0 heterocycles. The van der Waals surface area contributed by atoms with Gasteiger partial charge in [-0.1, -0.05) is 38.2 Å². The lowest BCUT2D eigenvalue weighted by Crippen LogP contribution is -2.13. The normalized spacial score (nSPS) is 16.8. The minimum atomic E-state index is -0.877. The van der Waals surface area contributed by atoms with Gasteiger partial charge in [-0.2, -0.15) is 0 Å². The first-order valence-electron chi connectivity index (χ1n) is 6.61. The lowest BCUT2D eigenvalue weighted by Gasteiger charge is -2.20. The number of Topliss-reactive ketones (excluding diaryl/α,β-unsaturated/α-hetero) is 1. The van der Waals surface area contributed by atoms with Crippen LogP contribution >= 0.6 is 0 Å². The second kappa shape index (κ2) is 6.07. The zero-order chi connectivity index (χ0) is 13.0. The van der Waals surface area contributed by atoms with Crippen molar-refractivity contribution in [2.45, 2.75) is 44.9 Å². The van der Waals surface area contributed by atoms with E-state index in [0.717, 1.165) is 25.0 Å². The fraction of sp³-hybridized carbons (Fsp3) is 0.533. The van der Waals surface area contributed by atoms with Crippen LogP contribution in [0.2, 0.25) is 0 Å². The van der Waals surface area contributed by atoms with Crippen molar-refractivity contribution in [3.05, 3.63) is 35.4 Å². The van der Waals surface area contributed by atoms with Crippen LogP contribution in [0.15, 0.2) is 18.2 Å². The van der Waals surface area contributed by atoms with Crippen LogP contribution in [0.1, 0.15) is 44.1 Å². The molecule has 3 heteroatoms. The maximum absolute atomic E-state index is 13.0. The van der Waals surface area contributed by atoms with Gasteiger partial charge in [0.15, 0.2) is 11.6 Å². The van der Waals surface area contributed by atoms with E-state index in [-0.39, 0.29) is 12.2 Å². The van der Waals surface area contributed by atoms with E-state index in [9.17, 15) is 13.6 Å². The van der Waals surface area contributed by atoms with E-state index in [1.807, 2.05) is 0 Å². The van der Waals surface area contributed by atoms with Crippen molar-refractivity contribution >= 4 is 5.78 Å². The maximum atomic E-state index is 13.0. The second-order valence-corrected chi connectivity index (χ2v) is 5.17. The molecule has 98 valence electrons. The van der Waals surface area contributed by atoms with Gasteiger partial charge in [0.2, 0.25) is 0 Å². The van der Waals surface area contributed by atoms with E-state index in [1.54, 1.807) is 0 Å². The molecule has 0 bridgehead atoms. The van der Waals surface area contributed by atoms with Gasteiger partial charge < -0.3 is 0 Å². The summed E-state index contributed by atoms with van der Waals surface area (Å²) in [5, 5.41) is 0. The van der Waals surface area contributed by atoms with Crippen molar-refractivity contribution in [2.75, 3.05) is 0 Å². The van der Waals surface area contributed by atoms with E-state index >= 15 is 0 Å². The number of hydrogen-bond acceptors (Lipinski definition) is 1. The highest BCUT2D eigenvalue weighted by molar-refractivity contribution is 5.81. The third-order valence-corrected chi connectivity index (χ3v) is 3.63. The van der Waals surface area contributed by atoms with Crippen molar-refractivity contribution in [2.24, 2.45) is 5.92 Å². The number of hydrogen-bond donors (Lipinski definition) is 0. The van der Waals surface area contributed by atoms with Crippen LogP contribution in [0.25, 0.3) is 0 Å². The molecule has 0 N–H and O–H groups in total. The minimum Gasteiger partial charge on any atom is -0.299 e. The number of carbonyl (C=O) groups excluding carboxylic acids is 1. The first-order chi connectivity index (χ1) is 8.65. The van der Waals surface area contributed by atoms with E-state index in [2.05, 4.69) is 0 Å². The quantitative estimate of drug-likeness (QED) is 0.790. The van der Waals surface area contributed by atoms with Crippen molar-refractivity contribution in [3.8, 4) is 0 Å². The molecular weight excluding hydrogens is 234 g/mol. The van der Waals surface area contributed by atoms with Crippen LogP contribution in [0.5, 0.6) is 0 Å². The Morgan fingerprint density at radius 1 is 1.11 bits per heavy atom. The van der Waals surface area contributed by atoms with E-state index in [1.165, 1.54) is 25.3 Å². The fourth-order valence-corrected chi connectivity index (χ4v) is 2.66. The van der Waals surface area contributed by atoms with Crippen LogP contribution in [-0.4, -0.2) is 5.78 Å². The van der Waals surface area contributed by atoms with Crippen molar-refractivity contribution in [1.82, 2.24) is 0 Å². The minimum absolute atomic E-state index is 0.132. The molecule has 1 saturated carbocycles. The molecule has 18 heavy (non-hydrogen) atoms. The Bertz CT molecular complexity index is 423. The Hall–Kier alpha value is -1.25. The standard InChI is InChI=1S/C15H18F2O/c16-14-7-6-12(10-15(14)17)9-13(18)8-11-4-2-1-3-5-11/h6-7,10-11H,1-5,8-9H2. The van der Waals surface area contributed by atoms with Gasteiger partial charge >= 0.3 is 0 Å². The highest BCUT2D eigenvalue weighted by Gasteiger charge is 2.17. The van der Waals surface area contributed by atoms with Gasteiger partial charge in [0.1, 0.15) is 5.78 Å². The average Bonchev–Trinajstić information content (AvgIpc) is 2.35. The van der Waals surface area contributed by atoms with Crippen LogP contribution in [0.3, 0.4) is 0 Å². The zero-order valence-electron chi connectivity index (χ0n) is 10.4. The number of benzene rings is 1. The van der Waals surface area contributed by atoms with Gasteiger partial charge in [-0.05, 0) is 23.6 Å². The summed E-state index contributed by atoms with van der Waals surface area (Å²) in [6.45, 7) is 0. The number of rotatable bonds is 4. The van der Waals surface area contributed by atoms with Gasteiger partial charge in [0.05, 0.1) is 0 Å². The largest absolute Gasteiger partial charge is 0.299 e. The molecule has 1 aromatic rings. The average molecular weight is 252 g/mol. The summed E-state index contributed by atoms with van der Waals surface area (Å²) >= 11 is 0. The fourth-order valence-electron chi connectivity index (χ4n) is 2.66. The smallest absolute Gasteiger partial charge is 0.159 e. The molecule has 0 amide bonds. The van der Waals surface area contributed by atoms with Crippen LogP contribution < -0.4 is 0 Å². The monoisotopic (exact) mass is 252 g/mol. The lowest BCUT2D eigenvalue weighted by molar-refractivity contribution is -0.119. The Labute approximate surface area is 106 Å². The number of carbonyl (C=O) groups is 1. The maximum Gasteiger partial charge on any atom is 0.159 e. The molecule has 0 atom stereocenters. The van der Waals surface area contributed by atoms with E-state index in [0.29, 0.717) is 17.9 Å². The van der Waals surface area contributed by atoms with Gasteiger partial charge in [-0.15, -0.1) is 0 Å². The first-order valence-corrected chi connectivity index (χ1v) is 6.61. The summed E-state index contributed by atoms with van der Waals surface area (Å²) in [5.41, 5.74) is 0.565. The molecule has 1 fully saturated rings. The SMILES string of the molecule is O=C(Cc1ccc(F)c(F)c1)CC1CCCCC1. The van der Waals surface area contributed by atoms with Crippen molar-refractivity contribution < 1.29 is 13.6 Å². The Kier molecular flexibility index (Phi) is 4.45. The summed E-state index contributed by atoms with van der Waals surface area (Å²) in [6, 6.07) is 3.68. The van der Waals surface area contributed by atoms with Gasteiger partial charge in [-0.3, -0.25) is 4.79 Å². The van der Waals surface area contributed by atoms with Gasteiger partial charge in [0, 0.05) is 12.8 Å². The molecule has 1 nitrogen and oxygen atoms in total. The second-order valence-electron chi connectivity index (χ2n) is 5.17. The van der Waals surface area contributed by atoms with Crippen LogP contribution in [0, 0.1) is 17.6 Å². The first kappa shape index (κ1) is 13.2. The van der Waals surface area contributed by atoms with Crippen LogP contribution in [-0.2, 0) is 11.2 Å². The summed E-state index contributed by atoms with van der Waals surface area (Å²) in [7, 11) is 0. The predicted octanol–water partition coefficient (Wildman–Crippen LogP) is 4.05. The molecule has 0 saturated heterocycles. The summed E-state index contributed by atoms with van der Waals surface area (Å²) in [6.07, 6.45) is 6.75. The molecular formula is C15H18F2O. The zero-order valence-corrected chi connectivity index (χ0v) is 10.4. The lowest BCUT2D eigenvalue weighted by atomic mass is 9.85. The molecule has 0 aliphatic heterocycles. The molecule has 1 aromatic carbocycles. The topological polar surface area (TPSA) is 17.1 Å². The van der Waals surface area contributed by atoms with Crippen molar-refractivity contribution in [3.63, 3.8) is 0 Å². The van der Waals surface area contributed by atoms with E-state index in [4.69, 9.17) is 0 Å².